The highest BCUT2D eigenvalue weighted by Gasteiger charge is 2.46. The molecule has 236 valence electrons. The lowest BCUT2D eigenvalue weighted by Crippen LogP contribution is -2.35. The molecule has 19 heteroatoms. The third-order valence-corrected chi connectivity index (χ3v) is 8.17. The molecule has 0 aliphatic rings. The minimum absolute atomic E-state index is 0.256. The van der Waals surface area contributed by atoms with E-state index in [-0.39, 0.29) is 18.2 Å². The van der Waals surface area contributed by atoms with Gasteiger partial charge in [0.05, 0.1) is 33.4 Å². The number of alkyl halides is 18. The van der Waals surface area contributed by atoms with Crippen LogP contribution < -0.4 is 15.9 Å². The first-order valence-electron chi connectivity index (χ1n) is 10.8. The molecule has 43 heavy (non-hydrogen) atoms. The van der Waals surface area contributed by atoms with Crippen molar-refractivity contribution >= 4 is 23.8 Å². The van der Waals surface area contributed by atoms with Gasteiger partial charge in [-0.15, -0.1) is 0 Å². The molecule has 0 spiro atoms. The smallest absolute Gasteiger partial charge is 0.166 e. The molecule has 0 unspecified atom stereocenters. The number of hydrogen-bond donors (Lipinski definition) is 0. The Kier molecular flexibility index (Phi) is 8.60. The summed E-state index contributed by atoms with van der Waals surface area (Å²) in [6.45, 7) is 0. The third kappa shape index (κ3) is 7.50. The van der Waals surface area contributed by atoms with Crippen molar-refractivity contribution in [3.63, 3.8) is 0 Å². The fraction of sp³-hybridized carbons (Fsp3) is 0.250. The van der Waals surface area contributed by atoms with Crippen LogP contribution in [0.5, 0.6) is 0 Å². The Morgan fingerprint density at radius 3 is 0.674 bits per heavy atom. The van der Waals surface area contributed by atoms with E-state index in [4.69, 9.17) is 0 Å². The van der Waals surface area contributed by atoms with E-state index in [1.54, 1.807) is 0 Å². The molecule has 0 atom stereocenters. The summed E-state index contributed by atoms with van der Waals surface area (Å²) in [4.78, 5) is 0. The van der Waals surface area contributed by atoms with E-state index in [0.29, 0.717) is 0 Å². The highest BCUT2D eigenvalue weighted by Crippen LogP contribution is 2.48. The van der Waals surface area contributed by atoms with Crippen LogP contribution in [0.4, 0.5) is 79.0 Å². The van der Waals surface area contributed by atoms with E-state index in [1.807, 2.05) is 0 Å². The first kappa shape index (κ1) is 34.3. The van der Waals surface area contributed by atoms with Gasteiger partial charge in [0.1, 0.15) is 0 Å². The van der Waals surface area contributed by atoms with Crippen LogP contribution in [0.1, 0.15) is 33.4 Å². The predicted octanol–water partition coefficient (Wildman–Crippen LogP) is 9.56. The molecule has 0 aliphatic carbocycles. The van der Waals surface area contributed by atoms with Crippen LogP contribution in [0.2, 0.25) is 0 Å². The summed E-state index contributed by atoms with van der Waals surface area (Å²) in [5, 5.41) is -6.19. The molecule has 0 saturated heterocycles. The van der Waals surface area contributed by atoms with Crippen LogP contribution >= 0.6 is 7.92 Å². The molecular formula is C24H9F18P. The zero-order valence-electron chi connectivity index (χ0n) is 19.9. The van der Waals surface area contributed by atoms with Crippen molar-refractivity contribution in [3.8, 4) is 0 Å². The first-order valence-corrected chi connectivity index (χ1v) is 12.1. The normalized spacial score (nSPS) is 14.0. The summed E-state index contributed by atoms with van der Waals surface area (Å²) in [7, 11) is -4.55. The maximum atomic E-state index is 14.0. The summed E-state index contributed by atoms with van der Waals surface area (Å²) in [6, 6.07) is -3.59. The van der Waals surface area contributed by atoms with Gasteiger partial charge >= 0.3 is 37.1 Å². The lowest BCUT2D eigenvalue weighted by molar-refractivity contribution is -0.141. The largest absolute Gasteiger partial charge is 0.417 e. The summed E-state index contributed by atoms with van der Waals surface area (Å²) in [6.07, 6.45) is -34.4. The highest BCUT2D eigenvalue weighted by molar-refractivity contribution is 7.80. The molecule has 3 aromatic rings. The topological polar surface area (TPSA) is 0 Å². The van der Waals surface area contributed by atoms with Crippen molar-refractivity contribution in [2.45, 2.75) is 37.1 Å². The maximum absolute atomic E-state index is 14.0. The molecule has 0 N–H and O–H groups in total. The Morgan fingerprint density at radius 1 is 0.302 bits per heavy atom. The SMILES string of the molecule is FC(F)(F)c1ccc(C(F)(F)F)c(P(c2cc(C(F)(F)F)ccc2C(F)(F)F)c2cc(C(F)(F)F)ccc2C(F)(F)F)c1. The number of hydrogen-bond acceptors (Lipinski definition) is 0. The predicted molar refractivity (Wildman–Crippen MR) is 115 cm³/mol. The minimum atomic E-state index is -5.86. The molecule has 0 saturated carbocycles. The standard InChI is InChI=1S/C24H9F18P/c25-19(26,27)10-1-4-13(22(34,35)36)16(7-10)43(17-8-11(20(28,29)30)2-5-14(17)23(37,38)39)18-9-12(21(31,32)33)3-6-15(18)24(40,41)42/h1-9H. The Bertz CT molecular complexity index is 1300. The lowest BCUT2D eigenvalue weighted by atomic mass is 10.1. The first-order chi connectivity index (χ1) is 19.1. The lowest BCUT2D eigenvalue weighted by Gasteiger charge is -2.29. The summed E-state index contributed by atoms with van der Waals surface area (Å²) in [5.74, 6) is 0. The van der Waals surface area contributed by atoms with Crippen molar-refractivity contribution in [1.82, 2.24) is 0 Å². The fourth-order valence-electron chi connectivity index (χ4n) is 3.79. The fourth-order valence-corrected chi connectivity index (χ4v) is 6.70. The third-order valence-electron chi connectivity index (χ3n) is 5.61. The molecule has 0 heterocycles. The van der Waals surface area contributed by atoms with E-state index in [1.165, 1.54) is 0 Å². The molecule has 0 aromatic heterocycles. The van der Waals surface area contributed by atoms with Crippen LogP contribution in [0.3, 0.4) is 0 Å². The summed E-state index contributed by atoms with van der Waals surface area (Å²) >= 11 is 0. The van der Waals surface area contributed by atoms with Crippen LogP contribution in [0, 0.1) is 0 Å². The molecule has 0 radical (unpaired) electrons. The monoisotopic (exact) mass is 670 g/mol. The Hall–Kier alpha value is -3.17. The van der Waals surface area contributed by atoms with Gasteiger partial charge in [-0.3, -0.25) is 0 Å². The number of halogens is 18. The van der Waals surface area contributed by atoms with Crippen LogP contribution in [-0.4, -0.2) is 0 Å². The van der Waals surface area contributed by atoms with Crippen molar-refractivity contribution in [1.29, 1.82) is 0 Å². The molecular weight excluding hydrogens is 661 g/mol. The number of rotatable bonds is 3. The van der Waals surface area contributed by atoms with E-state index in [2.05, 4.69) is 0 Å². The van der Waals surface area contributed by atoms with Gasteiger partial charge in [0.2, 0.25) is 0 Å². The zero-order chi connectivity index (χ0) is 33.1. The van der Waals surface area contributed by atoms with Crippen molar-refractivity contribution < 1.29 is 79.0 Å². The average Bonchev–Trinajstić information content (AvgIpc) is 2.80. The van der Waals surface area contributed by atoms with Gasteiger partial charge in [0.25, 0.3) is 0 Å². The van der Waals surface area contributed by atoms with E-state index >= 15 is 0 Å². The second kappa shape index (κ2) is 10.8. The van der Waals surface area contributed by atoms with Gasteiger partial charge in [0, 0.05) is 0 Å². The van der Waals surface area contributed by atoms with Gasteiger partial charge in [-0.2, -0.15) is 79.0 Å². The van der Waals surface area contributed by atoms with Gasteiger partial charge < -0.3 is 0 Å². The Morgan fingerprint density at radius 2 is 0.512 bits per heavy atom. The van der Waals surface area contributed by atoms with Crippen LogP contribution in [-0.2, 0) is 37.1 Å². The van der Waals surface area contributed by atoms with Crippen molar-refractivity contribution in [2.24, 2.45) is 0 Å². The number of benzene rings is 3. The van der Waals surface area contributed by atoms with Gasteiger partial charge in [-0.1, -0.05) is 0 Å². The molecule has 0 nitrogen and oxygen atoms in total. The summed E-state index contributed by atoms with van der Waals surface area (Å²) < 4.78 is 248. The Balaban J connectivity index is 2.72. The van der Waals surface area contributed by atoms with E-state index < -0.39 is 131 Å². The van der Waals surface area contributed by atoms with Crippen LogP contribution in [0.25, 0.3) is 0 Å². The second-order valence-electron chi connectivity index (χ2n) is 8.52. The molecule has 0 aliphatic heterocycles. The quantitative estimate of drug-likeness (QED) is 0.193. The average molecular weight is 670 g/mol. The molecule has 0 amide bonds. The maximum Gasteiger partial charge on any atom is 0.417 e. The molecule has 0 bridgehead atoms. The van der Waals surface area contributed by atoms with Crippen molar-refractivity contribution in [2.75, 3.05) is 0 Å². The molecule has 3 rings (SSSR count). The van der Waals surface area contributed by atoms with Gasteiger partial charge in [-0.05, 0) is 78.4 Å². The summed E-state index contributed by atoms with van der Waals surface area (Å²) in [5.41, 5.74) is -13.3. The van der Waals surface area contributed by atoms with Gasteiger partial charge in [-0.25, -0.2) is 0 Å². The minimum Gasteiger partial charge on any atom is -0.166 e. The van der Waals surface area contributed by atoms with Crippen molar-refractivity contribution in [3.05, 3.63) is 88.0 Å². The van der Waals surface area contributed by atoms with E-state index in [0.717, 1.165) is 0 Å². The van der Waals surface area contributed by atoms with E-state index in [9.17, 15) is 79.0 Å². The van der Waals surface area contributed by atoms with Gasteiger partial charge in [0.15, 0.2) is 0 Å². The highest BCUT2D eigenvalue weighted by atomic mass is 31.1. The second-order valence-corrected chi connectivity index (χ2v) is 10.6. The van der Waals surface area contributed by atoms with Crippen LogP contribution in [0.15, 0.2) is 54.6 Å². The molecule has 3 aromatic carbocycles. The Labute approximate surface area is 228 Å². The zero-order valence-corrected chi connectivity index (χ0v) is 20.8. The molecule has 0 fully saturated rings.